The third-order valence-corrected chi connectivity index (χ3v) is 4.69. The van der Waals surface area contributed by atoms with Crippen molar-refractivity contribution in [2.45, 2.75) is 44.2 Å². The molecular formula is C16H21ClN2OS. The second kappa shape index (κ2) is 7.87. The Morgan fingerprint density at radius 1 is 1.29 bits per heavy atom. The van der Waals surface area contributed by atoms with Crippen LogP contribution in [0.4, 0.5) is 0 Å². The summed E-state index contributed by atoms with van der Waals surface area (Å²) in [4.78, 5) is 1.12. The van der Waals surface area contributed by atoms with E-state index in [0.717, 1.165) is 34.3 Å². The molecule has 1 aromatic carbocycles. The fourth-order valence-corrected chi connectivity index (χ4v) is 3.11. The second-order valence-electron chi connectivity index (χ2n) is 4.92. The first kappa shape index (κ1) is 16.4. The third-order valence-electron chi connectivity index (χ3n) is 3.28. The first-order chi connectivity index (χ1) is 10.1. The van der Waals surface area contributed by atoms with Gasteiger partial charge < -0.3 is 5.11 Å². The summed E-state index contributed by atoms with van der Waals surface area (Å²) in [7, 11) is 0. The van der Waals surface area contributed by atoms with E-state index in [1.165, 1.54) is 0 Å². The van der Waals surface area contributed by atoms with Crippen LogP contribution in [-0.2, 0) is 19.4 Å². The number of nitrogens with zero attached hydrogens (tertiary/aromatic N) is 2. The van der Waals surface area contributed by atoms with Crippen LogP contribution in [0, 0.1) is 0 Å². The Labute approximate surface area is 135 Å². The molecule has 1 N–H and O–H groups in total. The van der Waals surface area contributed by atoms with E-state index in [1.807, 2.05) is 28.9 Å². The Bertz CT molecular complexity index is 568. The molecule has 0 amide bonds. The Balaban J connectivity index is 1.90. The van der Waals surface area contributed by atoms with E-state index in [1.54, 1.807) is 11.8 Å². The zero-order valence-electron chi connectivity index (χ0n) is 12.4. The highest BCUT2D eigenvalue weighted by molar-refractivity contribution is 7.99. The van der Waals surface area contributed by atoms with Gasteiger partial charge in [0.1, 0.15) is 0 Å². The molecule has 0 radical (unpaired) electrons. The monoisotopic (exact) mass is 324 g/mol. The van der Waals surface area contributed by atoms with Crippen molar-refractivity contribution in [2.75, 3.05) is 5.75 Å². The highest BCUT2D eigenvalue weighted by atomic mass is 35.5. The largest absolute Gasteiger partial charge is 0.392 e. The van der Waals surface area contributed by atoms with Gasteiger partial charge in [-0.1, -0.05) is 18.5 Å². The van der Waals surface area contributed by atoms with Crippen molar-refractivity contribution in [3.8, 4) is 0 Å². The molecule has 1 heterocycles. The highest BCUT2D eigenvalue weighted by Gasteiger charge is 2.12. The van der Waals surface area contributed by atoms with Crippen LogP contribution in [0.15, 0.2) is 35.2 Å². The summed E-state index contributed by atoms with van der Waals surface area (Å²) in [5.74, 6) is 0.665. The van der Waals surface area contributed by atoms with Gasteiger partial charge in [-0.05, 0) is 43.7 Å². The number of aromatic nitrogens is 2. The van der Waals surface area contributed by atoms with Gasteiger partial charge in [0.2, 0.25) is 0 Å². The summed E-state index contributed by atoms with van der Waals surface area (Å²) in [6, 6.07) is 9.79. The van der Waals surface area contributed by atoms with Crippen LogP contribution in [0.1, 0.15) is 25.2 Å². The third kappa shape index (κ3) is 4.77. The number of benzene rings is 1. The molecule has 5 heteroatoms. The lowest BCUT2D eigenvalue weighted by Crippen LogP contribution is -2.16. The van der Waals surface area contributed by atoms with Crippen molar-refractivity contribution in [1.82, 2.24) is 9.78 Å². The minimum absolute atomic E-state index is 0.377. The molecule has 0 bridgehead atoms. The van der Waals surface area contributed by atoms with Crippen LogP contribution in [0.3, 0.4) is 0 Å². The van der Waals surface area contributed by atoms with Gasteiger partial charge in [0.15, 0.2) is 0 Å². The van der Waals surface area contributed by atoms with Crippen molar-refractivity contribution in [1.29, 1.82) is 0 Å². The molecule has 0 aliphatic carbocycles. The van der Waals surface area contributed by atoms with E-state index < -0.39 is 0 Å². The van der Waals surface area contributed by atoms with E-state index in [2.05, 4.69) is 25.0 Å². The number of halogens is 1. The quantitative estimate of drug-likeness (QED) is 0.787. The Hall–Kier alpha value is -0.970. The number of hydrogen-bond acceptors (Lipinski definition) is 3. The van der Waals surface area contributed by atoms with Gasteiger partial charge in [-0.2, -0.15) is 5.10 Å². The number of aryl methyl sites for hydroxylation is 2. The number of thioether (sulfide) groups is 1. The molecule has 2 rings (SSSR count). The number of aliphatic hydroxyl groups is 1. The minimum Gasteiger partial charge on any atom is -0.392 e. The van der Waals surface area contributed by atoms with Crippen molar-refractivity contribution < 1.29 is 5.11 Å². The number of aliphatic hydroxyl groups excluding tert-OH is 1. The molecule has 1 unspecified atom stereocenters. The highest BCUT2D eigenvalue weighted by Crippen LogP contribution is 2.22. The maximum absolute atomic E-state index is 10.2. The molecular weight excluding hydrogens is 304 g/mol. The number of hydrogen-bond donors (Lipinski definition) is 1. The summed E-state index contributed by atoms with van der Waals surface area (Å²) < 4.78 is 1.98. The lowest BCUT2D eigenvalue weighted by atomic mass is 10.2. The Morgan fingerprint density at radius 3 is 2.62 bits per heavy atom. The molecule has 0 aliphatic rings. The standard InChI is InChI=1S/C16H21ClN2OS/c1-3-13-9-14(19(4-2)18-13)10-15(20)11-21-16-7-5-12(17)6-8-16/h5-9,15,20H,3-4,10-11H2,1-2H3. The van der Waals surface area contributed by atoms with Crippen LogP contribution in [0.5, 0.6) is 0 Å². The van der Waals surface area contributed by atoms with Gasteiger partial charge in [-0.15, -0.1) is 11.8 Å². The van der Waals surface area contributed by atoms with Gasteiger partial charge in [0.05, 0.1) is 11.8 Å². The normalized spacial score (nSPS) is 12.6. The maximum atomic E-state index is 10.2. The molecule has 0 saturated carbocycles. The zero-order valence-corrected chi connectivity index (χ0v) is 14.0. The van der Waals surface area contributed by atoms with Crippen LogP contribution < -0.4 is 0 Å². The summed E-state index contributed by atoms with van der Waals surface area (Å²) in [5, 5.41) is 15.5. The van der Waals surface area contributed by atoms with Crippen LogP contribution in [0.25, 0.3) is 0 Å². The second-order valence-corrected chi connectivity index (χ2v) is 6.45. The van der Waals surface area contributed by atoms with E-state index in [-0.39, 0.29) is 6.10 Å². The minimum atomic E-state index is -0.377. The fourth-order valence-electron chi connectivity index (χ4n) is 2.15. The average Bonchev–Trinajstić information content (AvgIpc) is 2.89. The van der Waals surface area contributed by atoms with Crippen LogP contribution in [-0.4, -0.2) is 26.7 Å². The first-order valence-corrected chi connectivity index (χ1v) is 8.60. The summed E-state index contributed by atoms with van der Waals surface area (Å²) in [5.41, 5.74) is 2.20. The van der Waals surface area contributed by atoms with Crippen molar-refractivity contribution in [2.24, 2.45) is 0 Å². The summed E-state index contributed by atoms with van der Waals surface area (Å²) >= 11 is 7.51. The Kier molecular flexibility index (Phi) is 6.15. The van der Waals surface area contributed by atoms with Crippen molar-refractivity contribution in [3.63, 3.8) is 0 Å². The zero-order chi connectivity index (χ0) is 15.2. The van der Waals surface area contributed by atoms with Gasteiger partial charge in [-0.25, -0.2) is 0 Å². The molecule has 3 nitrogen and oxygen atoms in total. The van der Waals surface area contributed by atoms with Crippen molar-refractivity contribution >= 4 is 23.4 Å². The summed E-state index contributed by atoms with van der Waals surface area (Å²) in [6.45, 7) is 5.01. The average molecular weight is 325 g/mol. The predicted octanol–water partition coefficient (Wildman–Crippen LogP) is 3.81. The molecule has 1 aromatic heterocycles. The topological polar surface area (TPSA) is 38.0 Å². The van der Waals surface area contributed by atoms with Crippen LogP contribution in [0.2, 0.25) is 5.02 Å². The maximum Gasteiger partial charge on any atom is 0.0689 e. The Morgan fingerprint density at radius 2 is 2.00 bits per heavy atom. The first-order valence-electron chi connectivity index (χ1n) is 7.24. The molecule has 2 aromatic rings. The van der Waals surface area contributed by atoms with E-state index in [9.17, 15) is 5.11 Å². The molecule has 0 aliphatic heterocycles. The molecule has 114 valence electrons. The smallest absolute Gasteiger partial charge is 0.0689 e. The van der Waals surface area contributed by atoms with E-state index in [0.29, 0.717) is 12.2 Å². The molecule has 0 saturated heterocycles. The van der Waals surface area contributed by atoms with Crippen molar-refractivity contribution in [3.05, 3.63) is 46.7 Å². The fraction of sp³-hybridized carbons (Fsp3) is 0.438. The lowest BCUT2D eigenvalue weighted by molar-refractivity contribution is 0.197. The molecule has 1 atom stereocenters. The van der Waals surface area contributed by atoms with Crippen LogP contribution >= 0.6 is 23.4 Å². The summed E-state index contributed by atoms with van der Waals surface area (Å²) in [6.07, 6.45) is 1.19. The lowest BCUT2D eigenvalue weighted by Gasteiger charge is -2.11. The van der Waals surface area contributed by atoms with E-state index in [4.69, 9.17) is 11.6 Å². The van der Waals surface area contributed by atoms with Gasteiger partial charge >= 0.3 is 0 Å². The number of rotatable bonds is 7. The van der Waals surface area contributed by atoms with Gasteiger partial charge in [-0.3, -0.25) is 4.68 Å². The SMILES string of the molecule is CCc1cc(CC(O)CSc2ccc(Cl)cc2)n(CC)n1. The molecule has 21 heavy (non-hydrogen) atoms. The van der Waals surface area contributed by atoms with E-state index >= 15 is 0 Å². The predicted molar refractivity (Wildman–Crippen MR) is 89.2 cm³/mol. The molecule has 0 spiro atoms. The van der Waals surface area contributed by atoms with Gasteiger partial charge in [0.25, 0.3) is 0 Å². The van der Waals surface area contributed by atoms with Gasteiger partial charge in [0, 0.05) is 34.3 Å². The molecule has 0 fully saturated rings.